The predicted octanol–water partition coefficient (Wildman–Crippen LogP) is 4.30. The van der Waals surface area contributed by atoms with Gasteiger partial charge < -0.3 is 10.1 Å². The van der Waals surface area contributed by atoms with E-state index in [1.54, 1.807) is 6.07 Å². The molecular weight excluding hydrogens is 321 g/mol. The largest absolute Gasteiger partial charge is 0.494 e. The summed E-state index contributed by atoms with van der Waals surface area (Å²) in [5, 5.41) is 3.15. The van der Waals surface area contributed by atoms with Crippen LogP contribution in [0, 0.1) is 5.82 Å². The Morgan fingerprint density at radius 3 is 2.70 bits per heavy atom. The average molecular weight is 338 g/mol. The second-order valence-corrected chi connectivity index (χ2v) is 5.31. The van der Waals surface area contributed by atoms with Crippen LogP contribution in [-0.4, -0.2) is 13.7 Å². The van der Waals surface area contributed by atoms with Gasteiger partial charge in [0.25, 0.3) is 0 Å². The Morgan fingerprint density at radius 2 is 2.05 bits per heavy atom. The number of halogens is 2. The molecule has 0 aromatic heterocycles. The number of hydrogen-bond donors (Lipinski definition) is 1. The van der Waals surface area contributed by atoms with Crippen molar-refractivity contribution in [3.63, 3.8) is 0 Å². The third-order valence-corrected chi connectivity index (χ3v) is 3.56. The second-order valence-electron chi connectivity index (χ2n) is 4.39. The van der Waals surface area contributed by atoms with Gasteiger partial charge in [0.2, 0.25) is 0 Å². The molecule has 2 aromatic carbocycles. The summed E-state index contributed by atoms with van der Waals surface area (Å²) in [6.07, 6.45) is 0. The van der Waals surface area contributed by atoms with E-state index in [9.17, 15) is 4.39 Å². The van der Waals surface area contributed by atoms with E-state index in [1.807, 2.05) is 44.3 Å². The highest BCUT2D eigenvalue weighted by Crippen LogP contribution is 2.28. The van der Waals surface area contributed by atoms with E-state index < -0.39 is 0 Å². The third kappa shape index (κ3) is 3.38. The smallest absolute Gasteiger partial charge is 0.129 e. The van der Waals surface area contributed by atoms with Crippen molar-refractivity contribution in [3.8, 4) is 5.75 Å². The van der Waals surface area contributed by atoms with Gasteiger partial charge >= 0.3 is 0 Å². The number of nitrogens with one attached hydrogen (secondary N) is 1. The zero-order valence-electron chi connectivity index (χ0n) is 11.5. The minimum absolute atomic E-state index is 0.205. The molecule has 0 bridgehead atoms. The highest BCUT2D eigenvalue weighted by molar-refractivity contribution is 9.10. The normalized spacial score (nSPS) is 12.2. The molecule has 0 aliphatic rings. The van der Waals surface area contributed by atoms with Gasteiger partial charge in [-0.3, -0.25) is 0 Å². The molecule has 0 saturated heterocycles. The lowest BCUT2D eigenvalue weighted by molar-refractivity contribution is 0.339. The molecule has 0 radical (unpaired) electrons. The van der Waals surface area contributed by atoms with Gasteiger partial charge in [0, 0.05) is 10.0 Å². The zero-order chi connectivity index (χ0) is 14.5. The first-order valence-electron chi connectivity index (χ1n) is 6.50. The van der Waals surface area contributed by atoms with E-state index in [0.717, 1.165) is 15.8 Å². The Kier molecular flexibility index (Phi) is 5.15. The monoisotopic (exact) mass is 337 g/mol. The molecule has 106 valence electrons. The fraction of sp³-hybridized carbons (Fsp3) is 0.250. The van der Waals surface area contributed by atoms with Crippen molar-refractivity contribution in [2.75, 3.05) is 13.7 Å². The number of hydrogen-bond acceptors (Lipinski definition) is 2. The van der Waals surface area contributed by atoms with Gasteiger partial charge in [0.15, 0.2) is 0 Å². The molecule has 0 saturated carbocycles. The molecule has 0 aliphatic carbocycles. The van der Waals surface area contributed by atoms with E-state index >= 15 is 0 Å². The summed E-state index contributed by atoms with van der Waals surface area (Å²) in [6, 6.07) is 12.6. The van der Waals surface area contributed by atoms with Crippen molar-refractivity contribution in [3.05, 3.63) is 63.9 Å². The molecule has 4 heteroatoms. The van der Waals surface area contributed by atoms with Crippen LogP contribution in [0.3, 0.4) is 0 Å². The molecule has 0 amide bonds. The Balaban J connectivity index is 2.38. The van der Waals surface area contributed by atoms with E-state index in [2.05, 4.69) is 21.2 Å². The molecule has 1 unspecified atom stereocenters. The molecule has 0 aliphatic heterocycles. The van der Waals surface area contributed by atoms with Crippen LogP contribution < -0.4 is 10.1 Å². The van der Waals surface area contributed by atoms with Crippen LogP contribution in [-0.2, 0) is 0 Å². The standard InChI is InChI=1S/C16H17BrFNO/c1-3-20-13-6-4-5-11(9-13)16(19-2)14-8-7-12(17)10-15(14)18/h4-10,16,19H,3H2,1-2H3. The van der Waals surface area contributed by atoms with Gasteiger partial charge in [-0.25, -0.2) is 4.39 Å². The lowest BCUT2D eigenvalue weighted by Gasteiger charge is -2.19. The Morgan fingerprint density at radius 1 is 1.25 bits per heavy atom. The highest BCUT2D eigenvalue weighted by atomic mass is 79.9. The summed E-state index contributed by atoms with van der Waals surface area (Å²) in [5.74, 6) is 0.559. The van der Waals surface area contributed by atoms with Crippen LogP contribution in [0.25, 0.3) is 0 Å². The molecular formula is C16H17BrFNO. The quantitative estimate of drug-likeness (QED) is 0.878. The molecule has 0 fully saturated rings. The first kappa shape index (κ1) is 15.0. The molecule has 2 aromatic rings. The minimum atomic E-state index is -0.236. The molecule has 0 spiro atoms. The third-order valence-electron chi connectivity index (χ3n) is 3.06. The van der Waals surface area contributed by atoms with E-state index in [1.165, 1.54) is 6.07 Å². The van der Waals surface area contributed by atoms with Crippen LogP contribution >= 0.6 is 15.9 Å². The van der Waals surface area contributed by atoms with Gasteiger partial charge in [0.1, 0.15) is 11.6 Å². The van der Waals surface area contributed by atoms with Crippen molar-refractivity contribution in [2.24, 2.45) is 0 Å². The molecule has 2 rings (SSSR count). The summed E-state index contributed by atoms with van der Waals surface area (Å²) in [4.78, 5) is 0. The fourth-order valence-electron chi connectivity index (χ4n) is 2.19. The SMILES string of the molecule is CCOc1cccc(C(NC)c2ccc(Br)cc2F)c1. The van der Waals surface area contributed by atoms with Crippen LogP contribution in [0.1, 0.15) is 24.1 Å². The summed E-state index contributed by atoms with van der Waals surface area (Å²) < 4.78 is 20.4. The number of benzene rings is 2. The summed E-state index contributed by atoms with van der Waals surface area (Å²) in [7, 11) is 1.82. The maximum atomic E-state index is 14.1. The van der Waals surface area contributed by atoms with Crippen LogP contribution in [0.5, 0.6) is 5.75 Å². The second kappa shape index (κ2) is 6.86. The first-order chi connectivity index (χ1) is 9.65. The van der Waals surface area contributed by atoms with Crippen molar-refractivity contribution in [2.45, 2.75) is 13.0 Å². The minimum Gasteiger partial charge on any atom is -0.494 e. The zero-order valence-corrected chi connectivity index (χ0v) is 13.1. The van der Waals surface area contributed by atoms with Crippen LogP contribution in [0.2, 0.25) is 0 Å². The molecule has 2 nitrogen and oxygen atoms in total. The Hall–Kier alpha value is -1.39. The molecule has 20 heavy (non-hydrogen) atoms. The number of ether oxygens (including phenoxy) is 1. The number of rotatable bonds is 5. The first-order valence-corrected chi connectivity index (χ1v) is 7.30. The highest BCUT2D eigenvalue weighted by Gasteiger charge is 2.16. The van der Waals surface area contributed by atoms with E-state index in [4.69, 9.17) is 4.74 Å². The summed E-state index contributed by atoms with van der Waals surface area (Å²) >= 11 is 3.28. The van der Waals surface area contributed by atoms with E-state index in [0.29, 0.717) is 12.2 Å². The summed E-state index contributed by atoms with van der Waals surface area (Å²) in [5.41, 5.74) is 1.59. The van der Waals surface area contributed by atoms with Gasteiger partial charge in [0.05, 0.1) is 12.6 Å². The molecule has 1 atom stereocenters. The fourth-order valence-corrected chi connectivity index (χ4v) is 2.52. The van der Waals surface area contributed by atoms with Crippen LogP contribution in [0.4, 0.5) is 4.39 Å². The summed E-state index contributed by atoms with van der Waals surface area (Å²) in [6.45, 7) is 2.55. The van der Waals surface area contributed by atoms with E-state index in [-0.39, 0.29) is 11.9 Å². The Bertz CT molecular complexity index is 588. The predicted molar refractivity (Wildman–Crippen MR) is 82.6 cm³/mol. The average Bonchev–Trinajstić information content (AvgIpc) is 2.43. The molecule has 0 heterocycles. The topological polar surface area (TPSA) is 21.3 Å². The van der Waals surface area contributed by atoms with Crippen molar-refractivity contribution in [1.29, 1.82) is 0 Å². The maximum absolute atomic E-state index is 14.1. The van der Waals surface area contributed by atoms with Gasteiger partial charge in [-0.2, -0.15) is 0 Å². The van der Waals surface area contributed by atoms with Crippen LogP contribution in [0.15, 0.2) is 46.9 Å². The lowest BCUT2D eigenvalue weighted by atomic mass is 9.98. The van der Waals surface area contributed by atoms with Crippen molar-refractivity contribution >= 4 is 15.9 Å². The van der Waals surface area contributed by atoms with Crippen molar-refractivity contribution in [1.82, 2.24) is 5.32 Å². The molecule has 1 N–H and O–H groups in total. The lowest BCUT2D eigenvalue weighted by Crippen LogP contribution is -2.19. The van der Waals surface area contributed by atoms with Gasteiger partial charge in [-0.15, -0.1) is 0 Å². The maximum Gasteiger partial charge on any atom is 0.129 e. The Labute approximate surface area is 127 Å². The van der Waals surface area contributed by atoms with Crippen molar-refractivity contribution < 1.29 is 9.13 Å². The van der Waals surface area contributed by atoms with Gasteiger partial charge in [-0.05, 0) is 43.8 Å². The van der Waals surface area contributed by atoms with Gasteiger partial charge in [-0.1, -0.05) is 34.1 Å².